The molecule has 0 unspecified atom stereocenters. The van der Waals surface area contributed by atoms with Crippen LogP contribution in [0.2, 0.25) is 0 Å². The highest BCUT2D eigenvalue weighted by Gasteiger charge is 2.43. The van der Waals surface area contributed by atoms with E-state index in [0.717, 1.165) is 11.4 Å². The maximum absolute atomic E-state index is 2.58. The number of benzene rings is 11. The third-order valence-electron chi connectivity index (χ3n) is 14.3. The molecule has 0 heterocycles. The van der Waals surface area contributed by atoms with Crippen molar-refractivity contribution in [1.29, 1.82) is 0 Å². The van der Waals surface area contributed by atoms with Gasteiger partial charge in [0.1, 0.15) is 0 Å². The molecule has 59 heavy (non-hydrogen) atoms. The van der Waals surface area contributed by atoms with E-state index in [-0.39, 0.29) is 10.8 Å². The van der Waals surface area contributed by atoms with Gasteiger partial charge in [-0.15, -0.1) is 0 Å². The molecule has 0 saturated carbocycles. The lowest BCUT2D eigenvalue weighted by Gasteiger charge is -2.28. The van der Waals surface area contributed by atoms with Gasteiger partial charge in [0.25, 0.3) is 0 Å². The summed E-state index contributed by atoms with van der Waals surface area (Å²) in [5, 5.41) is 15.5. The van der Waals surface area contributed by atoms with E-state index in [1.165, 1.54) is 115 Å². The van der Waals surface area contributed by atoms with Crippen LogP contribution in [-0.4, -0.2) is 0 Å². The Hall–Kier alpha value is -6.96. The Bertz CT molecular complexity index is 3540. The SMILES string of the molecule is CC1(C)c2cc3c(cc2-c2c1ccc1ccccc21)C(C)(C)c1cc2ccc4c(N(c5ccc6ccccc6c5)c5ccc6ccccc6c5)ccc5ccc(c1-3)c2c54. The van der Waals surface area contributed by atoms with E-state index in [0.29, 0.717) is 0 Å². The molecule has 0 amide bonds. The molecule has 11 aromatic carbocycles. The lowest BCUT2D eigenvalue weighted by molar-refractivity contribution is 0.652. The number of anilines is 3. The van der Waals surface area contributed by atoms with E-state index < -0.39 is 0 Å². The topological polar surface area (TPSA) is 3.24 Å². The van der Waals surface area contributed by atoms with Gasteiger partial charge in [0.05, 0.1) is 5.69 Å². The highest BCUT2D eigenvalue weighted by atomic mass is 15.1. The maximum atomic E-state index is 2.58. The molecule has 0 radical (unpaired) electrons. The first-order valence-electron chi connectivity index (χ1n) is 21.0. The molecule has 11 aromatic rings. The zero-order valence-electron chi connectivity index (χ0n) is 33.7. The first-order chi connectivity index (χ1) is 28.8. The smallest absolute Gasteiger partial charge is 0.0540 e. The summed E-state index contributed by atoms with van der Waals surface area (Å²) in [5.41, 5.74) is 14.5. The van der Waals surface area contributed by atoms with E-state index in [1.54, 1.807) is 0 Å². The van der Waals surface area contributed by atoms with Gasteiger partial charge in [-0.05, 0) is 152 Å². The second-order valence-electron chi connectivity index (χ2n) is 18.1. The largest absolute Gasteiger partial charge is 0.310 e. The normalized spacial score (nSPS) is 14.7. The molecule has 0 aliphatic heterocycles. The Morgan fingerprint density at radius 1 is 0.322 bits per heavy atom. The fraction of sp³-hybridized carbons (Fsp3) is 0.103. The van der Waals surface area contributed by atoms with E-state index in [4.69, 9.17) is 0 Å². The summed E-state index contributed by atoms with van der Waals surface area (Å²) in [6.07, 6.45) is 0. The molecular formula is C58H41N. The van der Waals surface area contributed by atoms with E-state index in [9.17, 15) is 0 Å². The van der Waals surface area contributed by atoms with Gasteiger partial charge in [-0.1, -0.05) is 155 Å². The summed E-state index contributed by atoms with van der Waals surface area (Å²) in [7, 11) is 0. The van der Waals surface area contributed by atoms with E-state index in [1.807, 2.05) is 0 Å². The average Bonchev–Trinajstić information content (AvgIpc) is 3.63. The molecule has 2 aliphatic carbocycles. The molecule has 0 fully saturated rings. The second kappa shape index (κ2) is 11.4. The molecule has 278 valence electrons. The Morgan fingerprint density at radius 2 is 0.814 bits per heavy atom. The van der Waals surface area contributed by atoms with Gasteiger partial charge in [0, 0.05) is 27.6 Å². The average molecular weight is 752 g/mol. The van der Waals surface area contributed by atoms with E-state index >= 15 is 0 Å². The van der Waals surface area contributed by atoms with Crippen LogP contribution in [0.3, 0.4) is 0 Å². The zero-order chi connectivity index (χ0) is 39.4. The molecule has 2 aliphatic rings. The highest BCUT2D eigenvalue weighted by Crippen LogP contribution is 2.59. The van der Waals surface area contributed by atoms with Crippen LogP contribution in [0.5, 0.6) is 0 Å². The van der Waals surface area contributed by atoms with Crippen molar-refractivity contribution in [2.75, 3.05) is 4.90 Å². The molecule has 0 spiro atoms. The van der Waals surface area contributed by atoms with Gasteiger partial charge >= 0.3 is 0 Å². The summed E-state index contributed by atoms with van der Waals surface area (Å²) >= 11 is 0. The van der Waals surface area contributed by atoms with Crippen LogP contribution in [-0.2, 0) is 10.8 Å². The molecule has 0 atom stereocenters. The number of rotatable bonds is 3. The highest BCUT2D eigenvalue weighted by molar-refractivity contribution is 6.29. The molecule has 1 nitrogen and oxygen atoms in total. The summed E-state index contributed by atoms with van der Waals surface area (Å²) in [6.45, 7) is 9.72. The van der Waals surface area contributed by atoms with Crippen LogP contribution >= 0.6 is 0 Å². The predicted octanol–water partition coefficient (Wildman–Crippen LogP) is 16.1. The Balaban J connectivity index is 1.07. The van der Waals surface area contributed by atoms with Crippen LogP contribution < -0.4 is 4.90 Å². The minimum atomic E-state index is -0.157. The van der Waals surface area contributed by atoms with Gasteiger partial charge in [0.2, 0.25) is 0 Å². The first-order valence-corrected chi connectivity index (χ1v) is 21.0. The van der Waals surface area contributed by atoms with Crippen LogP contribution in [0.15, 0.2) is 176 Å². The minimum absolute atomic E-state index is 0.107. The standard InChI is InChI=1S/C58H41N/c1-57(2)48-27-21-36-13-9-10-16-43(36)55(48)46-32-50-47(33-49(46)57)56-45-26-19-37-22-28-52(44-25-20-40(54(45)53(37)44)31-51(56)58(50,3)4)59(41-23-17-34-11-5-7-14-38(34)29-41)42-24-18-35-12-6-8-15-39(35)30-42/h5-33H,1-4H3. The van der Waals surface area contributed by atoms with Crippen LogP contribution in [0.1, 0.15) is 49.9 Å². The maximum Gasteiger partial charge on any atom is 0.0540 e. The van der Waals surface area contributed by atoms with Crippen molar-refractivity contribution in [3.63, 3.8) is 0 Å². The lowest BCUT2D eigenvalue weighted by atomic mass is 9.79. The molecular weight excluding hydrogens is 711 g/mol. The molecule has 0 aromatic heterocycles. The van der Waals surface area contributed by atoms with Gasteiger partial charge in [0.15, 0.2) is 0 Å². The Morgan fingerprint density at radius 3 is 1.49 bits per heavy atom. The van der Waals surface area contributed by atoms with Crippen molar-refractivity contribution < 1.29 is 0 Å². The fourth-order valence-corrected chi connectivity index (χ4v) is 11.3. The number of fused-ring (bicyclic) bond motifs is 11. The second-order valence-corrected chi connectivity index (χ2v) is 18.1. The monoisotopic (exact) mass is 751 g/mol. The van der Waals surface area contributed by atoms with Crippen molar-refractivity contribution in [3.05, 3.63) is 198 Å². The molecule has 0 saturated heterocycles. The fourth-order valence-electron chi connectivity index (χ4n) is 11.3. The molecule has 0 N–H and O–H groups in total. The summed E-state index contributed by atoms with van der Waals surface area (Å²) in [4.78, 5) is 2.47. The van der Waals surface area contributed by atoms with Gasteiger partial charge < -0.3 is 4.90 Å². The Kier molecular flexibility index (Phi) is 6.37. The van der Waals surface area contributed by atoms with Crippen LogP contribution in [0.4, 0.5) is 17.1 Å². The van der Waals surface area contributed by atoms with Gasteiger partial charge in [-0.25, -0.2) is 0 Å². The summed E-state index contributed by atoms with van der Waals surface area (Å²) < 4.78 is 0. The molecule has 1 heteroatoms. The van der Waals surface area contributed by atoms with Gasteiger partial charge in [-0.3, -0.25) is 0 Å². The van der Waals surface area contributed by atoms with Crippen LogP contribution in [0.25, 0.3) is 86.9 Å². The zero-order valence-corrected chi connectivity index (χ0v) is 33.7. The van der Waals surface area contributed by atoms with E-state index in [2.05, 4.69) is 209 Å². The van der Waals surface area contributed by atoms with Crippen molar-refractivity contribution in [2.45, 2.75) is 38.5 Å². The predicted molar refractivity (Wildman–Crippen MR) is 252 cm³/mol. The van der Waals surface area contributed by atoms with Crippen molar-refractivity contribution in [2.24, 2.45) is 0 Å². The van der Waals surface area contributed by atoms with Crippen molar-refractivity contribution >= 4 is 81.7 Å². The molecule has 13 rings (SSSR count). The third kappa shape index (κ3) is 4.35. The Labute approximate surface area is 344 Å². The number of hydrogen-bond acceptors (Lipinski definition) is 1. The van der Waals surface area contributed by atoms with Gasteiger partial charge in [-0.2, -0.15) is 0 Å². The van der Waals surface area contributed by atoms with Crippen LogP contribution in [0, 0.1) is 0 Å². The minimum Gasteiger partial charge on any atom is -0.310 e. The third-order valence-corrected chi connectivity index (χ3v) is 14.3. The number of nitrogens with zero attached hydrogens (tertiary/aromatic N) is 1. The van der Waals surface area contributed by atoms with Crippen molar-refractivity contribution in [3.8, 4) is 22.3 Å². The molecule has 0 bridgehead atoms. The summed E-state index contributed by atoms with van der Waals surface area (Å²) in [6, 6.07) is 66.6. The lowest BCUT2D eigenvalue weighted by Crippen LogP contribution is -2.17. The number of hydrogen-bond donors (Lipinski definition) is 0. The first kappa shape index (κ1) is 33.1. The quantitative estimate of drug-likeness (QED) is 0.163. The van der Waals surface area contributed by atoms with Crippen molar-refractivity contribution in [1.82, 2.24) is 0 Å². The summed E-state index contributed by atoms with van der Waals surface area (Å²) in [5.74, 6) is 0.